The van der Waals surface area contributed by atoms with Crippen LogP contribution in [-0.4, -0.2) is 27.8 Å². The average Bonchev–Trinajstić information content (AvgIpc) is 2.83. The highest BCUT2D eigenvalue weighted by atomic mass is 32.2. The summed E-state index contributed by atoms with van der Waals surface area (Å²) in [5.74, 6) is -0.383. The van der Waals surface area contributed by atoms with Gasteiger partial charge in [0.25, 0.3) is 0 Å². The number of hydrogen-bond donors (Lipinski definition) is 2. The molecule has 1 aromatic heterocycles. The molecule has 0 bridgehead atoms. The van der Waals surface area contributed by atoms with E-state index in [2.05, 4.69) is 15.5 Å². The molecule has 0 fully saturated rings. The molecule has 0 aliphatic heterocycles. The lowest BCUT2D eigenvalue weighted by molar-refractivity contribution is -0.113. The fourth-order valence-corrected chi connectivity index (χ4v) is 2.99. The topological polar surface area (TPSA) is 98.0 Å². The van der Waals surface area contributed by atoms with Crippen molar-refractivity contribution in [2.45, 2.75) is 11.3 Å². The van der Waals surface area contributed by atoms with Crippen molar-refractivity contribution in [2.75, 3.05) is 11.1 Å². The van der Waals surface area contributed by atoms with Crippen molar-refractivity contribution < 1.29 is 9.59 Å². The number of benzene rings is 1. The highest BCUT2D eigenvalue weighted by Crippen LogP contribution is 2.21. The average molecular weight is 308 g/mol. The Morgan fingerprint density at radius 3 is 2.55 bits per heavy atom. The number of nitrogens with zero attached hydrogens (tertiary/aromatic N) is 2. The van der Waals surface area contributed by atoms with E-state index in [9.17, 15) is 9.59 Å². The molecule has 1 heterocycles. The van der Waals surface area contributed by atoms with E-state index < -0.39 is 5.91 Å². The first-order valence-electron chi connectivity index (χ1n) is 5.67. The molecule has 0 aliphatic carbocycles. The standard InChI is InChI=1S/C12H12N4O2S2/c1-7-15-16-12(20-7)19-6-10(17)14-9-4-2-8(3-5-9)11(13)18/h2-5H,6H2,1H3,(H2,13,18)(H,14,17). The van der Waals surface area contributed by atoms with Gasteiger partial charge in [0, 0.05) is 11.3 Å². The summed E-state index contributed by atoms with van der Waals surface area (Å²) in [6.45, 7) is 1.86. The number of aromatic nitrogens is 2. The second kappa shape index (κ2) is 6.49. The van der Waals surface area contributed by atoms with Gasteiger partial charge in [-0.25, -0.2) is 0 Å². The number of anilines is 1. The molecule has 0 atom stereocenters. The molecule has 0 radical (unpaired) electrons. The van der Waals surface area contributed by atoms with Crippen molar-refractivity contribution in [1.29, 1.82) is 0 Å². The summed E-state index contributed by atoms with van der Waals surface area (Å²) in [4.78, 5) is 22.7. The van der Waals surface area contributed by atoms with Crippen LogP contribution in [0, 0.1) is 6.92 Å². The molecule has 8 heteroatoms. The molecular weight excluding hydrogens is 296 g/mol. The summed E-state index contributed by atoms with van der Waals surface area (Å²) < 4.78 is 0.765. The number of carbonyl (C=O) groups is 2. The second-order valence-corrected chi connectivity index (χ2v) is 6.27. The number of nitrogens with two attached hydrogens (primary N) is 1. The lowest BCUT2D eigenvalue weighted by Crippen LogP contribution is -2.14. The summed E-state index contributed by atoms with van der Waals surface area (Å²) in [5, 5.41) is 11.4. The Morgan fingerprint density at radius 1 is 1.30 bits per heavy atom. The van der Waals surface area contributed by atoms with Gasteiger partial charge in [-0.05, 0) is 31.2 Å². The molecule has 0 aliphatic rings. The third kappa shape index (κ3) is 4.04. The van der Waals surface area contributed by atoms with Crippen LogP contribution in [0.3, 0.4) is 0 Å². The third-order valence-electron chi connectivity index (χ3n) is 2.29. The lowest BCUT2D eigenvalue weighted by atomic mass is 10.2. The van der Waals surface area contributed by atoms with Gasteiger partial charge < -0.3 is 11.1 Å². The van der Waals surface area contributed by atoms with E-state index in [0.717, 1.165) is 9.35 Å². The molecule has 3 N–H and O–H groups in total. The Balaban J connectivity index is 1.86. The first kappa shape index (κ1) is 14.5. The van der Waals surface area contributed by atoms with Crippen molar-refractivity contribution in [1.82, 2.24) is 10.2 Å². The van der Waals surface area contributed by atoms with Crippen LogP contribution in [0.4, 0.5) is 5.69 Å². The van der Waals surface area contributed by atoms with Crippen LogP contribution in [0.2, 0.25) is 0 Å². The molecule has 20 heavy (non-hydrogen) atoms. The molecule has 1 aromatic carbocycles. The van der Waals surface area contributed by atoms with Crippen molar-refractivity contribution in [2.24, 2.45) is 5.73 Å². The largest absolute Gasteiger partial charge is 0.366 e. The molecule has 2 amide bonds. The van der Waals surface area contributed by atoms with Crippen molar-refractivity contribution >= 4 is 40.6 Å². The van der Waals surface area contributed by atoms with Crippen molar-refractivity contribution in [3.05, 3.63) is 34.8 Å². The highest BCUT2D eigenvalue weighted by Gasteiger charge is 2.07. The molecule has 2 rings (SSSR count). The summed E-state index contributed by atoms with van der Waals surface area (Å²) >= 11 is 2.79. The predicted molar refractivity (Wildman–Crippen MR) is 79.0 cm³/mol. The van der Waals surface area contributed by atoms with E-state index in [-0.39, 0.29) is 11.7 Å². The molecule has 0 unspecified atom stereocenters. The quantitative estimate of drug-likeness (QED) is 0.819. The number of amides is 2. The molecule has 0 saturated carbocycles. The maximum Gasteiger partial charge on any atom is 0.248 e. The fourth-order valence-electron chi connectivity index (χ4n) is 1.38. The van der Waals surface area contributed by atoms with Gasteiger partial charge in [-0.15, -0.1) is 10.2 Å². The minimum Gasteiger partial charge on any atom is -0.366 e. The summed E-state index contributed by atoms with van der Waals surface area (Å²) in [6.07, 6.45) is 0. The van der Waals surface area contributed by atoms with E-state index >= 15 is 0 Å². The Morgan fingerprint density at radius 2 is 2.00 bits per heavy atom. The monoisotopic (exact) mass is 308 g/mol. The first-order valence-corrected chi connectivity index (χ1v) is 7.47. The Bertz CT molecular complexity index is 625. The van der Waals surface area contributed by atoms with E-state index in [1.807, 2.05) is 6.92 Å². The molecule has 0 saturated heterocycles. The summed E-state index contributed by atoms with van der Waals surface area (Å²) in [6, 6.07) is 6.41. The van der Waals surface area contributed by atoms with Gasteiger partial charge in [0.2, 0.25) is 11.8 Å². The smallest absolute Gasteiger partial charge is 0.248 e. The van der Waals surface area contributed by atoms with E-state index in [1.54, 1.807) is 24.3 Å². The van der Waals surface area contributed by atoms with Crippen LogP contribution >= 0.6 is 23.1 Å². The number of hydrogen-bond acceptors (Lipinski definition) is 6. The van der Waals surface area contributed by atoms with Gasteiger partial charge in [-0.2, -0.15) is 0 Å². The van der Waals surface area contributed by atoms with Gasteiger partial charge in [-0.3, -0.25) is 9.59 Å². The fraction of sp³-hybridized carbons (Fsp3) is 0.167. The zero-order chi connectivity index (χ0) is 14.5. The maximum absolute atomic E-state index is 11.7. The van der Waals surface area contributed by atoms with Gasteiger partial charge in [-0.1, -0.05) is 23.1 Å². The number of rotatable bonds is 5. The van der Waals surface area contributed by atoms with Crippen LogP contribution < -0.4 is 11.1 Å². The predicted octanol–water partition coefficient (Wildman–Crippen LogP) is 1.68. The van der Waals surface area contributed by atoms with Gasteiger partial charge >= 0.3 is 0 Å². The number of nitrogens with one attached hydrogen (secondary N) is 1. The summed E-state index contributed by atoms with van der Waals surface area (Å²) in [7, 11) is 0. The Kier molecular flexibility index (Phi) is 4.70. The molecular formula is C12H12N4O2S2. The van der Waals surface area contributed by atoms with E-state index in [0.29, 0.717) is 11.3 Å². The SMILES string of the molecule is Cc1nnc(SCC(=O)Nc2ccc(C(N)=O)cc2)s1. The molecule has 6 nitrogen and oxygen atoms in total. The Hall–Kier alpha value is -1.93. The number of aryl methyl sites for hydroxylation is 1. The van der Waals surface area contributed by atoms with Crippen molar-refractivity contribution in [3.63, 3.8) is 0 Å². The zero-order valence-electron chi connectivity index (χ0n) is 10.6. The summed E-state index contributed by atoms with van der Waals surface area (Å²) in [5.41, 5.74) is 6.16. The van der Waals surface area contributed by atoms with Gasteiger partial charge in [0.05, 0.1) is 5.75 Å². The second-order valence-electron chi connectivity index (χ2n) is 3.87. The number of primary amides is 1. The Labute approximate surface area is 123 Å². The lowest BCUT2D eigenvalue weighted by Gasteiger charge is -2.04. The van der Waals surface area contributed by atoms with Gasteiger partial charge in [0.15, 0.2) is 4.34 Å². The number of carbonyl (C=O) groups excluding carboxylic acids is 2. The van der Waals surface area contributed by atoms with Crippen molar-refractivity contribution in [3.8, 4) is 0 Å². The van der Waals surface area contributed by atoms with Gasteiger partial charge in [0.1, 0.15) is 5.01 Å². The molecule has 2 aromatic rings. The van der Waals surface area contributed by atoms with Crippen LogP contribution in [-0.2, 0) is 4.79 Å². The van der Waals surface area contributed by atoms with Crippen LogP contribution in [0.5, 0.6) is 0 Å². The number of thioether (sulfide) groups is 1. The highest BCUT2D eigenvalue weighted by molar-refractivity contribution is 8.01. The molecule has 104 valence electrons. The minimum atomic E-state index is -0.495. The van der Waals surface area contributed by atoms with Crippen LogP contribution in [0.25, 0.3) is 0 Å². The maximum atomic E-state index is 11.7. The van der Waals surface area contributed by atoms with E-state index in [1.165, 1.54) is 23.1 Å². The minimum absolute atomic E-state index is 0.144. The van der Waals surface area contributed by atoms with Crippen LogP contribution in [0.1, 0.15) is 15.4 Å². The zero-order valence-corrected chi connectivity index (χ0v) is 12.3. The molecule has 0 spiro atoms. The normalized spacial score (nSPS) is 10.2. The van der Waals surface area contributed by atoms with Crippen LogP contribution in [0.15, 0.2) is 28.6 Å². The third-order valence-corrected chi connectivity index (χ3v) is 4.26. The first-order chi connectivity index (χ1) is 9.54. The van der Waals surface area contributed by atoms with E-state index in [4.69, 9.17) is 5.73 Å².